The second-order valence-corrected chi connectivity index (χ2v) is 6.62. The highest BCUT2D eigenvalue weighted by molar-refractivity contribution is 7.91. The first-order valence-electron chi connectivity index (χ1n) is 6.21. The molecule has 0 radical (unpaired) electrons. The van der Waals surface area contributed by atoms with Gasteiger partial charge in [0, 0.05) is 11.4 Å². The lowest BCUT2D eigenvalue weighted by atomic mass is 10.1. The zero-order valence-corrected chi connectivity index (χ0v) is 12.4. The van der Waals surface area contributed by atoms with Gasteiger partial charge < -0.3 is 15.2 Å². The van der Waals surface area contributed by atoms with Crippen LogP contribution >= 0.6 is 0 Å². The first-order chi connectivity index (χ1) is 9.41. The number of hydrogen-bond donors (Lipinski definition) is 1. The molecule has 1 rings (SSSR count). The van der Waals surface area contributed by atoms with Crippen molar-refractivity contribution in [3.05, 3.63) is 23.8 Å². The van der Waals surface area contributed by atoms with E-state index in [0.717, 1.165) is 0 Å². The lowest BCUT2D eigenvalue weighted by molar-refractivity contribution is 0.0597. The lowest BCUT2D eigenvalue weighted by Crippen LogP contribution is -2.13. The fraction of sp³-hybridized carbons (Fsp3) is 0.462. The van der Waals surface area contributed by atoms with E-state index in [1.54, 1.807) is 25.1 Å². The number of ether oxygens (including phenoxy) is 2. The highest BCUT2D eigenvalue weighted by atomic mass is 32.2. The summed E-state index contributed by atoms with van der Waals surface area (Å²) in [6.07, 6.45) is 0.353. The molecular weight excluding hydrogens is 282 g/mol. The van der Waals surface area contributed by atoms with E-state index >= 15 is 0 Å². The van der Waals surface area contributed by atoms with Gasteiger partial charge in [0.2, 0.25) is 0 Å². The summed E-state index contributed by atoms with van der Waals surface area (Å²) >= 11 is 0. The van der Waals surface area contributed by atoms with Crippen LogP contribution in [0.5, 0.6) is 5.75 Å². The van der Waals surface area contributed by atoms with Gasteiger partial charge in [-0.1, -0.05) is 13.0 Å². The van der Waals surface area contributed by atoms with E-state index in [0.29, 0.717) is 12.2 Å². The molecule has 1 aromatic rings. The molecule has 7 heteroatoms. The van der Waals surface area contributed by atoms with Gasteiger partial charge in [0.25, 0.3) is 0 Å². The Morgan fingerprint density at radius 2 is 2.05 bits per heavy atom. The summed E-state index contributed by atoms with van der Waals surface area (Å²) in [7, 11) is -1.75. The highest BCUT2D eigenvalue weighted by Gasteiger charge is 2.16. The third-order valence-corrected chi connectivity index (χ3v) is 4.54. The number of anilines is 1. The second kappa shape index (κ2) is 7.14. The molecule has 2 N–H and O–H groups in total. The molecule has 112 valence electrons. The predicted octanol–water partition coefficient (Wildman–Crippen LogP) is 1.26. The van der Waals surface area contributed by atoms with Crippen LogP contribution in [-0.2, 0) is 14.6 Å². The van der Waals surface area contributed by atoms with Crippen molar-refractivity contribution in [3.8, 4) is 5.75 Å². The summed E-state index contributed by atoms with van der Waals surface area (Å²) in [5.74, 6) is -0.122. The smallest absolute Gasteiger partial charge is 0.343 e. The van der Waals surface area contributed by atoms with Crippen LogP contribution in [0.25, 0.3) is 0 Å². The van der Waals surface area contributed by atoms with Gasteiger partial charge in [-0.05, 0) is 18.6 Å². The molecule has 0 spiro atoms. The van der Waals surface area contributed by atoms with Gasteiger partial charge in [-0.2, -0.15) is 0 Å². The van der Waals surface area contributed by atoms with Gasteiger partial charge >= 0.3 is 5.97 Å². The number of hydrogen-bond acceptors (Lipinski definition) is 6. The van der Waals surface area contributed by atoms with Crippen LogP contribution < -0.4 is 10.5 Å². The maximum Gasteiger partial charge on any atom is 0.343 e. The van der Waals surface area contributed by atoms with E-state index in [1.807, 2.05) is 0 Å². The summed E-state index contributed by atoms with van der Waals surface area (Å²) in [5, 5.41) is 0. The molecule has 1 aromatic carbocycles. The third-order valence-electron chi connectivity index (χ3n) is 2.75. The number of esters is 1. The van der Waals surface area contributed by atoms with E-state index in [1.165, 1.54) is 7.11 Å². The molecule has 0 aliphatic rings. The molecule has 0 bridgehead atoms. The van der Waals surface area contributed by atoms with Crippen molar-refractivity contribution in [2.24, 2.45) is 0 Å². The topological polar surface area (TPSA) is 95.7 Å². The predicted molar refractivity (Wildman–Crippen MR) is 76.6 cm³/mol. The normalized spacial score (nSPS) is 11.1. The van der Waals surface area contributed by atoms with Crippen molar-refractivity contribution < 1.29 is 22.7 Å². The molecule has 0 aliphatic heterocycles. The molecule has 0 unspecified atom stereocenters. The Balaban J connectivity index is 2.69. The van der Waals surface area contributed by atoms with Crippen LogP contribution in [0, 0.1) is 0 Å². The molecule has 0 heterocycles. The Labute approximate surface area is 118 Å². The molecular formula is C13H19NO5S. The number of methoxy groups -OCH3 is 1. The number of sulfone groups is 1. The standard InChI is InChI=1S/C13H19NO5S/c1-3-20(16,17)9-5-8-19-11-7-4-6-10(14)12(11)13(15)18-2/h4,6-7H,3,5,8-9,14H2,1-2H3. The van der Waals surface area contributed by atoms with Crippen molar-refractivity contribution in [1.29, 1.82) is 0 Å². The molecule has 0 aliphatic carbocycles. The maximum atomic E-state index is 11.6. The van der Waals surface area contributed by atoms with Crippen molar-refractivity contribution in [2.45, 2.75) is 13.3 Å². The van der Waals surface area contributed by atoms with E-state index < -0.39 is 15.8 Å². The second-order valence-electron chi connectivity index (χ2n) is 4.15. The van der Waals surface area contributed by atoms with Gasteiger partial charge in [-0.25, -0.2) is 13.2 Å². The van der Waals surface area contributed by atoms with Crippen molar-refractivity contribution in [3.63, 3.8) is 0 Å². The van der Waals surface area contributed by atoms with E-state index in [4.69, 9.17) is 10.5 Å². The van der Waals surface area contributed by atoms with E-state index in [2.05, 4.69) is 4.74 Å². The van der Waals surface area contributed by atoms with E-state index in [-0.39, 0.29) is 29.4 Å². The van der Waals surface area contributed by atoms with Crippen LogP contribution in [0.3, 0.4) is 0 Å². The number of carbonyl (C=O) groups is 1. The first-order valence-corrected chi connectivity index (χ1v) is 8.03. The number of benzene rings is 1. The minimum absolute atomic E-state index is 0.0549. The number of nitrogens with two attached hydrogens (primary N) is 1. The van der Waals surface area contributed by atoms with Gasteiger partial charge in [0.1, 0.15) is 21.2 Å². The maximum absolute atomic E-state index is 11.6. The Morgan fingerprint density at radius 1 is 1.35 bits per heavy atom. The average Bonchev–Trinajstić information content (AvgIpc) is 2.43. The van der Waals surface area contributed by atoms with Crippen LogP contribution in [0.2, 0.25) is 0 Å². The summed E-state index contributed by atoms with van der Waals surface area (Å²) in [4.78, 5) is 11.6. The third kappa shape index (κ3) is 4.41. The lowest BCUT2D eigenvalue weighted by Gasteiger charge is -2.12. The average molecular weight is 301 g/mol. The van der Waals surface area contributed by atoms with Gasteiger partial charge in [-0.15, -0.1) is 0 Å². The van der Waals surface area contributed by atoms with Crippen molar-refractivity contribution in [1.82, 2.24) is 0 Å². The molecule has 20 heavy (non-hydrogen) atoms. The number of carbonyl (C=O) groups excluding carboxylic acids is 1. The van der Waals surface area contributed by atoms with Crippen LogP contribution in [0.4, 0.5) is 5.69 Å². The number of nitrogen functional groups attached to an aromatic ring is 1. The minimum atomic E-state index is -3.01. The number of rotatable bonds is 7. The summed E-state index contributed by atoms with van der Waals surface area (Å²) in [6, 6.07) is 4.82. The fourth-order valence-corrected chi connectivity index (χ4v) is 2.44. The Hall–Kier alpha value is -1.76. The molecule has 0 fully saturated rings. The molecule has 0 amide bonds. The molecule has 0 atom stereocenters. The van der Waals surface area contributed by atoms with E-state index in [9.17, 15) is 13.2 Å². The SMILES string of the molecule is CCS(=O)(=O)CCCOc1cccc(N)c1C(=O)OC. The Kier molecular flexibility index (Phi) is 5.82. The highest BCUT2D eigenvalue weighted by Crippen LogP contribution is 2.25. The fourth-order valence-electron chi connectivity index (χ4n) is 1.59. The Morgan fingerprint density at radius 3 is 2.65 bits per heavy atom. The zero-order valence-electron chi connectivity index (χ0n) is 11.6. The first kappa shape index (κ1) is 16.3. The molecule has 0 saturated heterocycles. The quantitative estimate of drug-likeness (QED) is 0.463. The summed E-state index contributed by atoms with van der Waals surface area (Å²) in [5.41, 5.74) is 6.14. The van der Waals surface area contributed by atoms with Crippen LogP contribution in [0.15, 0.2) is 18.2 Å². The molecule has 0 aromatic heterocycles. The van der Waals surface area contributed by atoms with Gasteiger partial charge in [0.15, 0.2) is 0 Å². The minimum Gasteiger partial charge on any atom is -0.493 e. The van der Waals surface area contributed by atoms with Crippen molar-refractivity contribution in [2.75, 3.05) is 31.0 Å². The molecule has 6 nitrogen and oxygen atoms in total. The van der Waals surface area contributed by atoms with Gasteiger partial charge in [0.05, 0.1) is 19.5 Å². The summed E-state index contributed by atoms with van der Waals surface area (Å²) in [6.45, 7) is 1.79. The Bertz CT molecular complexity index is 568. The zero-order chi connectivity index (χ0) is 15.2. The molecule has 0 saturated carbocycles. The van der Waals surface area contributed by atoms with Crippen molar-refractivity contribution >= 4 is 21.5 Å². The van der Waals surface area contributed by atoms with Crippen LogP contribution in [-0.4, -0.2) is 39.6 Å². The van der Waals surface area contributed by atoms with Gasteiger partial charge in [-0.3, -0.25) is 0 Å². The monoisotopic (exact) mass is 301 g/mol. The summed E-state index contributed by atoms with van der Waals surface area (Å²) < 4.78 is 32.7. The van der Waals surface area contributed by atoms with Crippen LogP contribution in [0.1, 0.15) is 23.7 Å². The largest absolute Gasteiger partial charge is 0.493 e.